The van der Waals surface area contributed by atoms with Gasteiger partial charge in [-0.2, -0.15) is 0 Å². The largest absolute Gasteiger partial charge is 0.379 e. The van der Waals surface area contributed by atoms with E-state index in [0.29, 0.717) is 0 Å². The fourth-order valence-electron chi connectivity index (χ4n) is 3.65. The van der Waals surface area contributed by atoms with Crippen LogP contribution >= 0.6 is 0 Å². The summed E-state index contributed by atoms with van der Waals surface area (Å²) >= 11 is 0. The van der Waals surface area contributed by atoms with Crippen molar-refractivity contribution in [2.45, 2.75) is 50.9 Å². The van der Waals surface area contributed by atoms with Crippen LogP contribution in [0, 0.1) is 0 Å². The highest BCUT2D eigenvalue weighted by Gasteiger charge is 2.20. The molecule has 23 heavy (non-hydrogen) atoms. The Balaban J connectivity index is 1.46. The van der Waals surface area contributed by atoms with E-state index in [0.717, 1.165) is 52.6 Å². The Morgan fingerprint density at radius 3 is 1.43 bits per heavy atom. The minimum atomic E-state index is -0.963. The Morgan fingerprint density at radius 1 is 0.652 bits per heavy atom. The highest BCUT2D eigenvalue weighted by atomic mass is 28.3. The first-order valence-corrected chi connectivity index (χ1v) is 13.2. The molecule has 0 aromatic heterocycles. The van der Waals surface area contributed by atoms with Crippen LogP contribution in [0.4, 0.5) is 0 Å². The van der Waals surface area contributed by atoms with E-state index in [-0.39, 0.29) is 0 Å². The Bertz CT molecular complexity index is 275. The molecule has 5 heteroatoms. The van der Waals surface area contributed by atoms with Crippen molar-refractivity contribution in [3.8, 4) is 0 Å². The maximum absolute atomic E-state index is 5.41. The van der Waals surface area contributed by atoms with Crippen LogP contribution in [-0.2, 0) is 9.47 Å². The number of nitrogens with zero attached hydrogens (tertiary/aromatic N) is 2. The summed E-state index contributed by atoms with van der Waals surface area (Å²) in [4.78, 5) is 5.14. The monoisotopic (exact) mass is 342 g/mol. The van der Waals surface area contributed by atoms with E-state index in [4.69, 9.17) is 9.47 Å². The number of morpholine rings is 2. The SMILES string of the molecule is C[Si](C)(CCCCN1CCOCC1)CCCCN1CCOCC1. The minimum Gasteiger partial charge on any atom is -0.379 e. The molecule has 136 valence electrons. The van der Waals surface area contributed by atoms with Crippen molar-refractivity contribution in [2.24, 2.45) is 0 Å². The van der Waals surface area contributed by atoms with Gasteiger partial charge in [-0.1, -0.05) is 38.0 Å². The second-order valence-electron chi connectivity index (χ2n) is 7.99. The number of rotatable bonds is 10. The predicted molar refractivity (Wildman–Crippen MR) is 100 cm³/mol. The maximum atomic E-state index is 5.41. The van der Waals surface area contributed by atoms with E-state index in [1.54, 1.807) is 0 Å². The van der Waals surface area contributed by atoms with Gasteiger partial charge < -0.3 is 9.47 Å². The third kappa shape index (κ3) is 8.63. The number of unbranched alkanes of at least 4 members (excludes halogenated alkanes) is 2. The Morgan fingerprint density at radius 2 is 1.04 bits per heavy atom. The fourth-order valence-corrected chi connectivity index (χ4v) is 6.32. The van der Waals surface area contributed by atoms with E-state index in [2.05, 4.69) is 22.9 Å². The Labute approximate surface area is 144 Å². The van der Waals surface area contributed by atoms with Crippen LogP contribution in [0.5, 0.6) is 0 Å². The number of hydrogen-bond donors (Lipinski definition) is 0. The first-order chi connectivity index (χ1) is 11.2. The van der Waals surface area contributed by atoms with Crippen LogP contribution in [-0.4, -0.2) is 83.6 Å². The average molecular weight is 343 g/mol. The first kappa shape index (κ1) is 19.4. The molecule has 0 bridgehead atoms. The zero-order chi connectivity index (χ0) is 16.4. The molecule has 0 saturated carbocycles. The second-order valence-corrected chi connectivity index (χ2v) is 13.3. The van der Waals surface area contributed by atoms with Crippen molar-refractivity contribution in [1.82, 2.24) is 9.80 Å². The predicted octanol–water partition coefficient (Wildman–Crippen LogP) is 2.92. The lowest BCUT2D eigenvalue weighted by molar-refractivity contribution is 0.0373. The highest BCUT2D eigenvalue weighted by Crippen LogP contribution is 2.21. The van der Waals surface area contributed by atoms with Crippen LogP contribution in [0.15, 0.2) is 0 Å². The van der Waals surface area contributed by atoms with Gasteiger partial charge in [-0.15, -0.1) is 0 Å². The van der Waals surface area contributed by atoms with E-state index in [9.17, 15) is 0 Å². The van der Waals surface area contributed by atoms with Crippen molar-refractivity contribution in [2.75, 3.05) is 65.7 Å². The molecule has 2 aliphatic heterocycles. The molecule has 0 unspecified atom stereocenters. The van der Waals surface area contributed by atoms with Gasteiger partial charge in [0.2, 0.25) is 0 Å². The lowest BCUT2D eigenvalue weighted by atomic mass is 10.3. The van der Waals surface area contributed by atoms with Crippen LogP contribution in [0.3, 0.4) is 0 Å². The molecule has 0 aromatic rings. The van der Waals surface area contributed by atoms with Gasteiger partial charge in [-0.3, -0.25) is 9.80 Å². The van der Waals surface area contributed by atoms with Crippen molar-refractivity contribution < 1.29 is 9.47 Å². The quantitative estimate of drug-likeness (QED) is 0.450. The van der Waals surface area contributed by atoms with Gasteiger partial charge in [0.1, 0.15) is 0 Å². The highest BCUT2D eigenvalue weighted by molar-refractivity contribution is 6.77. The van der Waals surface area contributed by atoms with Crippen molar-refractivity contribution in [1.29, 1.82) is 0 Å². The third-order valence-corrected chi connectivity index (χ3v) is 8.78. The Kier molecular flexibility index (Phi) is 9.12. The van der Waals surface area contributed by atoms with Gasteiger partial charge in [0, 0.05) is 34.3 Å². The average Bonchev–Trinajstić information content (AvgIpc) is 2.58. The molecule has 2 aliphatic rings. The van der Waals surface area contributed by atoms with Crippen LogP contribution < -0.4 is 0 Å². The van der Waals surface area contributed by atoms with E-state index < -0.39 is 8.07 Å². The zero-order valence-electron chi connectivity index (χ0n) is 15.5. The van der Waals surface area contributed by atoms with Crippen LogP contribution in [0.25, 0.3) is 0 Å². The van der Waals surface area contributed by atoms with Crippen molar-refractivity contribution in [3.05, 3.63) is 0 Å². The molecule has 0 atom stereocenters. The summed E-state index contributed by atoms with van der Waals surface area (Å²) in [7, 11) is -0.963. The van der Waals surface area contributed by atoms with Crippen molar-refractivity contribution >= 4 is 8.07 Å². The Hall–Kier alpha value is 0.0569. The molecule has 0 amide bonds. The molecule has 0 aromatic carbocycles. The molecule has 0 spiro atoms. The zero-order valence-corrected chi connectivity index (χ0v) is 16.5. The summed E-state index contributed by atoms with van der Waals surface area (Å²) in [6.07, 6.45) is 5.62. The van der Waals surface area contributed by atoms with Gasteiger partial charge in [0.05, 0.1) is 26.4 Å². The lowest BCUT2D eigenvalue weighted by Crippen LogP contribution is -2.37. The molecule has 2 fully saturated rings. The summed E-state index contributed by atoms with van der Waals surface area (Å²) in [6.45, 7) is 16.1. The maximum Gasteiger partial charge on any atom is 0.0594 e. The molecule has 2 rings (SSSR count). The van der Waals surface area contributed by atoms with Gasteiger partial charge in [0.25, 0.3) is 0 Å². The molecule has 0 radical (unpaired) electrons. The number of hydrogen-bond acceptors (Lipinski definition) is 4. The lowest BCUT2D eigenvalue weighted by Gasteiger charge is -2.28. The molecule has 0 N–H and O–H groups in total. The van der Waals surface area contributed by atoms with Gasteiger partial charge in [-0.25, -0.2) is 0 Å². The van der Waals surface area contributed by atoms with Gasteiger partial charge in [-0.05, 0) is 25.9 Å². The van der Waals surface area contributed by atoms with Gasteiger partial charge >= 0.3 is 0 Å². The van der Waals surface area contributed by atoms with E-state index >= 15 is 0 Å². The first-order valence-electron chi connectivity index (χ1n) is 9.76. The van der Waals surface area contributed by atoms with Crippen LogP contribution in [0.1, 0.15) is 25.7 Å². The molecule has 0 aliphatic carbocycles. The van der Waals surface area contributed by atoms with Crippen molar-refractivity contribution in [3.63, 3.8) is 0 Å². The molecule has 2 saturated heterocycles. The summed E-state index contributed by atoms with van der Waals surface area (Å²) in [5.41, 5.74) is 0. The molecular weight excluding hydrogens is 304 g/mol. The second kappa shape index (κ2) is 10.8. The molecule has 2 heterocycles. The third-order valence-electron chi connectivity index (χ3n) is 5.36. The van der Waals surface area contributed by atoms with Gasteiger partial charge in [0.15, 0.2) is 0 Å². The molecular formula is C18H38N2O2Si. The minimum absolute atomic E-state index is 0.934. The topological polar surface area (TPSA) is 24.9 Å². The standard InChI is InChI=1S/C18H38N2O2Si/c1-23(2,17-5-3-7-19-9-13-21-14-10-19)18-6-4-8-20-11-15-22-16-12-20/h3-18H2,1-2H3. The summed E-state index contributed by atoms with van der Waals surface area (Å²) < 4.78 is 10.8. The van der Waals surface area contributed by atoms with Crippen LogP contribution in [0.2, 0.25) is 25.2 Å². The molecule has 4 nitrogen and oxygen atoms in total. The van der Waals surface area contributed by atoms with E-state index in [1.165, 1.54) is 50.9 Å². The number of ether oxygens (including phenoxy) is 2. The normalized spacial score (nSPS) is 21.7. The summed E-state index contributed by atoms with van der Waals surface area (Å²) in [6, 6.07) is 3.02. The summed E-state index contributed by atoms with van der Waals surface area (Å²) in [5, 5.41) is 0. The smallest absolute Gasteiger partial charge is 0.0594 e. The fraction of sp³-hybridized carbons (Fsp3) is 1.00. The van der Waals surface area contributed by atoms with E-state index in [1.807, 2.05) is 0 Å². The summed E-state index contributed by atoms with van der Waals surface area (Å²) in [5.74, 6) is 0.